The number of ether oxygens (including phenoxy) is 1. The van der Waals surface area contributed by atoms with Crippen molar-refractivity contribution in [3.05, 3.63) is 11.6 Å². The summed E-state index contributed by atoms with van der Waals surface area (Å²) in [6.07, 6.45) is 7.74. The lowest BCUT2D eigenvalue weighted by molar-refractivity contribution is -0.164. The Bertz CT molecular complexity index is 336. The molecule has 0 unspecified atom stereocenters. The molecule has 110 valence electrons. The number of hydrogen-bond donors (Lipinski definition) is 1. The fraction of sp³-hybridized carbons (Fsp3) is 0.882. The maximum atomic E-state index is 9.91. The van der Waals surface area contributed by atoms with E-state index in [1.54, 1.807) is 0 Å². The summed E-state index contributed by atoms with van der Waals surface area (Å²) in [6, 6.07) is 0. The van der Waals surface area contributed by atoms with E-state index < -0.39 is 0 Å². The van der Waals surface area contributed by atoms with Crippen molar-refractivity contribution in [1.29, 1.82) is 0 Å². The van der Waals surface area contributed by atoms with Crippen molar-refractivity contribution >= 4 is 0 Å². The zero-order valence-electron chi connectivity index (χ0n) is 13.0. The molecule has 0 radical (unpaired) electrons. The molecule has 1 fully saturated rings. The zero-order chi connectivity index (χ0) is 14.0. The maximum absolute atomic E-state index is 9.91. The van der Waals surface area contributed by atoms with E-state index in [2.05, 4.69) is 33.8 Å². The molecular weight excluding hydrogens is 236 g/mol. The molecule has 2 bridgehead atoms. The lowest BCUT2D eigenvalue weighted by atomic mass is 9.56. The monoisotopic (exact) mass is 266 g/mol. The van der Waals surface area contributed by atoms with Crippen molar-refractivity contribution < 1.29 is 9.84 Å². The largest absolute Gasteiger partial charge is 0.396 e. The highest BCUT2D eigenvalue weighted by atomic mass is 16.5. The Morgan fingerprint density at radius 3 is 2.74 bits per heavy atom. The molecule has 1 heterocycles. The fourth-order valence-electron chi connectivity index (χ4n) is 4.27. The molecule has 0 aromatic heterocycles. The van der Waals surface area contributed by atoms with Gasteiger partial charge in [0.25, 0.3) is 0 Å². The van der Waals surface area contributed by atoms with Crippen molar-refractivity contribution in [3.8, 4) is 0 Å². The summed E-state index contributed by atoms with van der Waals surface area (Å²) in [4.78, 5) is 0. The van der Waals surface area contributed by atoms with Crippen molar-refractivity contribution in [3.63, 3.8) is 0 Å². The number of aliphatic hydroxyl groups is 1. The zero-order valence-corrected chi connectivity index (χ0v) is 13.0. The minimum Gasteiger partial charge on any atom is -0.396 e. The summed E-state index contributed by atoms with van der Waals surface area (Å²) in [6.45, 7) is 10.0. The van der Waals surface area contributed by atoms with Crippen LogP contribution in [0, 0.1) is 23.2 Å². The molecule has 1 aliphatic carbocycles. The number of rotatable bonds is 5. The number of aliphatic hydroxyl groups excluding tert-OH is 1. The molecule has 2 heteroatoms. The fourth-order valence-corrected chi connectivity index (χ4v) is 4.27. The van der Waals surface area contributed by atoms with E-state index in [4.69, 9.17) is 4.74 Å². The van der Waals surface area contributed by atoms with Crippen molar-refractivity contribution in [2.45, 2.75) is 59.5 Å². The lowest BCUT2D eigenvalue weighted by Crippen LogP contribution is -2.56. The molecule has 5 atom stereocenters. The third kappa shape index (κ3) is 2.50. The predicted molar refractivity (Wildman–Crippen MR) is 79.0 cm³/mol. The van der Waals surface area contributed by atoms with E-state index in [9.17, 15) is 5.11 Å². The highest BCUT2D eigenvalue weighted by molar-refractivity contribution is 5.20. The molecule has 1 N–H and O–H groups in total. The first-order valence-corrected chi connectivity index (χ1v) is 7.97. The molecule has 0 saturated carbocycles. The van der Waals surface area contributed by atoms with E-state index in [1.165, 1.54) is 31.3 Å². The Balaban J connectivity index is 2.17. The van der Waals surface area contributed by atoms with Crippen LogP contribution in [0.1, 0.15) is 53.4 Å². The van der Waals surface area contributed by atoms with E-state index in [1.807, 2.05) is 0 Å². The molecular formula is C17H30O2. The van der Waals surface area contributed by atoms with Gasteiger partial charge in [-0.1, -0.05) is 51.7 Å². The number of allylic oxidation sites excluding steroid dienone is 1. The predicted octanol–water partition coefficient (Wildman–Crippen LogP) is 3.79. The average molecular weight is 266 g/mol. The van der Waals surface area contributed by atoms with Crippen LogP contribution in [0.4, 0.5) is 0 Å². The minimum atomic E-state index is -0.0502. The van der Waals surface area contributed by atoms with Crippen LogP contribution < -0.4 is 0 Å². The standard InChI is InChI=1S/C17H30O2/c1-5-6-7-8-15-16-12(2)9-13(3)17(10-18,11-19-15)14(16)4/h9,13-16,18H,5-8,10-11H2,1-4H3/t13-,14+,15-,16-,17-/m0/s1. The van der Waals surface area contributed by atoms with Gasteiger partial charge in [0, 0.05) is 11.3 Å². The summed E-state index contributed by atoms with van der Waals surface area (Å²) in [5.41, 5.74) is 1.43. The molecule has 2 nitrogen and oxygen atoms in total. The van der Waals surface area contributed by atoms with Gasteiger partial charge in [0.2, 0.25) is 0 Å². The van der Waals surface area contributed by atoms with Gasteiger partial charge in [-0.3, -0.25) is 0 Å². The third-order valence-electron chi connectivity index (χ3n) is 5.74. The third-order valence-corrected chi connectivity index (χ3v) is 5.74. The minimum absolute atomic E-state index is 0.0502. The first-order valence-electron chi connectivity index (χ1n) is 7.97. The number of unbranched alkanes of at least 4 members (excludes halogenated alkanes) is 2. The van der Waals surface area contributed by atoms with Gasteiger partial charge < -0.3 is 9.84 Å². The van der Waals surface area contributed by atoms with Crippen LogP contribution >= 0.6 is 0 Å². The second kappa shape index (κ2) is 5.97. The highest BCUT2D eigenvalue weighted by Crippen LogP contribution is 2.52. The molecule has 0 aromatic carbocycles. The van der Waals surface area contributed by atoms with Gasteiger partial charge >= 0.3 is 0 Å². The topological polar surface area (TPSA) is 29.5 Å². The normalized spacial score (nSPS) is 42.1. The van der Waals surface area contributed by atoms with E-state index >= 15 is 0 Å². The molecule has 19 heavy (non-hydrogen) atoms. The molecule has 1 aliphatic heterocycles. The van der Waals surface area contributed by atoms with E-state index in [0.717, 1.165) is 6.61 Å². The SMILES string of the molecule is CCCCC[C@@H]1OC[C@]2(CO)[C@H](C)[C@@H]1C(C)=C[C@@H]2C. The van der Waals surface area contributed by atoms with Crippen LogP contribution in [0.5, 0.6) is 0 Å². The highest BCUT2D eigenvalue weighted by Gasteiger charge is 2.52. The smallest absolute Gasteiger partial charge is 0.0643 e. The van der Waals surface area contributed by atoms with Crippen molar-refractivity contribution in [1.82, 2.24) is 0 Å². The van der Waals surface area contributed by atoms with Crippen LogP contribution in [0.25, 0.3) is 0 Å². The molecule has 0 aromatic rings. The molecule has 0 spiro atoms. The Morgan fingerprint density at radius 2 is 2.11 bits per heavy atom. The molecule has 2 aliphatic rings. The summed E-state index contributed by atoms with van der Waals surface area (Å²) < 4.78 is 6.20. The summed E-state index contributed by atoms with van der Waals surface area (Å²) in [5, 5.41) is 9.91. The van der Waals surface area contributed by atoms with E-state index in [-0.39, 0.29) is 12.0 Å². The average Bonchev–Trinajstić information content (AvgIpc) is 2.38. The van der Waals surface area contributed by atoms with E-state index in [0.29, 0.717) is 23.9 Å². The first-order chi connectivity index (χ1) is 9.06. The summed E-state index contributed by atoms with van der Waals surface area (Å²) >= 11 is 0. The van der Waals surface area contributed by atoms with Gasteiger partial charge in [-0.25, -0.2) is 0 Å². The maximum Gasteiger partial charge on any atom is 0.0643 e. The van der Waals surface area contributed by atoms with Crippen LogP contribution in [0.2, 0.25) is 0 Å². The molecule has 1 saturated heterocycles. The van der Waals surface area contributed by atoms with Gasteiger partial charge in [0.05, 0.1) is 19.3 Å². The van der Waals surface area contributed by atoms with Crippen LogP contribution in [0.3, 0.4) is 0 Å². The van der Waals surface area contributed by atoms with Crippen LogP contribution in [-0.2, 0) is 4.74 Å². The Hall–Kier alpha value is -0.340. The van der Waals surface area contributed by atoms with Crippen molar-refractivity contribution in [2.24, 2.45) is 23.2 Å². The Morgan fingerprint density at radius 1 is 1.37 bits per heavy atom. The van der Waals surface area contributed by atoms with Gasteiger partial charge in [-0.15, -0.1) is 0 Å². The van der Waals surface area contributed by atoms with Gasteiger partial charge in [0.1, 0.15) is 0 Å². The Labute approximate surface area is 118 Å². The summed E-state index contributed by atoms with van der Waals surface area (Å²) in [5.74, 6) is 1.45. The van der Waals surface area contributed by atoms with Gasteiger partial charge in [0.15, 0.2) is 0 Å². The second-order valence-electron chi connectivity index (χ2n) is 6.75. The summed E-state index contributed by atoms with van der Waals surface area (Å²) in [7, 11) is 0. The van der Waals surface area contributed by atoms with Crippen LogP contribution in [0.15, 0.2) is 11.6 Å². The quantitative estimate of drug-likeness (QED) is 0.606. The lowest BCUT2D eigenvalue weighted by Gasteiger charge is -2.55. The number of fused-ring (bicyclic) bond motifs is 2. The van der Waals surface area contributed by atoms with Crippen molar-refractivity contribution in [2.75, 3.05) is 13.2 Å². The molecule has 2 rings (SSSR count). The Kier molecular flexibility index (Phi) is 4.73. The number of hydrogen-bond acceptors (Lipinski definition) is 2. The molecule has 0 amide bonds. The van der Waals surface area contributed by atoms with Gasteiger partial charge in [-0.05, 0) is 25.2 Å². The van der Waals surface area contributed by atoms with Gasteiger partial charge in [-0.2, -0.15) is 0 Å². The first kappa shape index (κ1) is 15.1. The second-order valence-corrected chi connectivity index (χ2v) is 6.75. The van der Waals surface area contributed by atoms with Crippen LogP contribution in [-0.4, -0.2) is 24.4 Å².